The number of rotatable bonds is 11. The van der Waals surface area contributed by atoms with Crippen LogP contribution in [0.25, 0.3) is 5.69 Å². The molecule has 34 heavy (non-hydrogen) atoms. The molecule has 0 bridgehead atoms. The predicted octanol–water partition coefficient (Wildman–Crippen LogP) is 5.77. The largest absolute Gasteiger partial charge is 0.497 e. The molecule has 0 spiro atoms. The highest BCUT2D eigenvalue weighted by molar-refractivity contribution is 5.68. The Kier molecular flexibility index (Phi) is 7.20. The van der Waals surface area contributed by atoms with Gasteiger partial charge in [-0.15, -0.1) is 0 Å². The molecule has 1 aromatic heterocycles. The lowest BCUT2D eigenvalue weighted by Crippen LogP contribution is -2.10. The Morgan fingerprint density at radius 2 is 2.00 bits per heavy atom. The van der Waals surface area contributed by atoms with E-state index >= 15 is 0 Å². The third-order valence-corrected chi connectivity index (χ3v) is 6.21. The minimum Gasteiger partial charge on any atom is -0.497 e. The lowest BCUT2D eigenvalue weighted by Gasteiger charge is -2.16. The molecule has 2 aromatic carbocycles. The number of carboxylic acids is 1. The zero-order chi connectivity index (χ0) is 24.2. The summed E-state index contributed by atoms with van der Waals surface area (Å²) in [6.45, 7) is 4.44. The van der Waals surface area contributed by atoms with E-state index < -0.39 is 5.97 Å². The number of nitrogens with zero attached hydrogens (tertiary/aromatic N) is 2. The Balaban J connectivity index is 1.57. The van der Waals surface area contributed by atoms with Gasteiger partial charge in [0, 0.05) is 11.8 Å². The molecule has 1 aliphatic carbocycles. The summed E-state index contributed by atoms with van der Waals surface area (Å²) < 4.78 is 27.8. The van der Waals surface area contributed by atoms with Gasteiger partial charge in [0.1, 0.15) is 23.9 Å². The van der Waals surface area contributed by atoms with Gasteiger partial charge in [0.15, 0.2) is 0 Å². The molecular weight excluding hydrogens is 435 g/mol. The van der Waals surface area contributed by atoms with Crippen LogP contribution in [-0.2, 0) is 17.8 Å². The summed E-state index contributed by atoms with van der Waals surface area (Å²) in [6, 6.07) is 12.3. The first kappa shape index (κ1) is 23.8. The molecule has 0 saturated heterocycles. The number of aromatic nitrogens is 2. The van der Waals surface area contributed by atoms with Crippen LogP contribution >= 0.6 is 0 Å². The Hall–Kier alpha value is -3.35. The molecule has 180 valence electrons. The second kappa shape index (κ2) is 10.3. The van der Waals surface area contributed by atoms with Crippen molar-refractivity contribution in [1.29, 1.82) is 0 Å². The Morgan fingerprint density at radius 3 is 2.68 bits per heavy atom. The van der Waals surface area contributed by atoms with E-state index in [0.29, 0.717) is 35.4 Å². The Bertz CT molecular complexity index is 1150. The molecule has 1 atom stereocenters. The predicted molar refractivity (Wildman–Crippen MR) is 127 cm³/mol. The van der Waals surface area contributed by atoms with Crippen molar-refractivity contribution >= 4 is 5.97 Å². The van der Waals surface area contributed by atoms with Gasteiger partial charge >= 0.3 is 5.97 Å². The fourth-order valence-corrected chi connectivity index (χ4v) is 4.38. The van der Waals surface area contributed by atoms with Gasteiger partial charge in [-0.05, 0) is 66.8 Å². The maximum absolute atomic E-state index is 14.7. The molecule has 0 aliphatic heterocycles. The van der Waals surface area contributed by atoms with Crippen LogP contribution in [0.5, 0.6) is 11.5 Å². The third-order valence-electron chi connectivity index (χ3n) is 6.21. The smallest absolute Gasteiger partial charge is 0.303 e. The second-order valence-electron chi connectivity index (χ2n) is 9.33. The molecule has 0 amide bonds. The van der Waals surface area contributed by atoms with E-state index in [0.717, 1.165) is 29.8 Å². The number of methoxy groups -OCH3 is 1. The fraction of sp³-hybridized carbons (Fsp3) is 0.407. The van der Waals surface area contributed by atoms with E-state index in [1.165, 1.54) is 6.07 Å². The van der Waals surface area contributed by atoms with Crippen molar-refractivity contribution in [2.75, 3.05) is 7.11 Å². The minimum atomic E-state index is -0.781. The molecule has 4 rings (SSSR count). The number of aliphatic carboxylic acids is 1. The molecule has 1 heterocycles. The molecule has 6 nitrogen and oxygen atoms in total. The van der Waals surface area contributed by atoms with Crippen molar-refractivity contribution in [3.8, 4) is 17.2 Å². The summed E-state index contributed by atoms with van der Waals surface area (Å²) in [6.07, 6.45) is 4.60. The maximum atomic E-state index is 14.7. The molecule has 3 aromatic rings. The molecule has 7 heteroatoms. The lowest BCUT2D eigenvalue weighted by atomic mass is 9.91. The van der Waals surface area contributed by atoms with Gasteiger partial charge in [-0.25, -0.2) is 9.37 Å². The zero-order valence-corrected chi connectivity index (χ0v) is 19.8. The number of halogens is 1. The summed E-state index contributed by atoms with van der Waals surface area (Å²) in [5, 5.41) is 9.32. The van der Waals surface area contributed by atoms with E-state index in [4.69, 9.17) is 9.47 Å². The number of hydrogen-bond acceptors (Lipinski definition) is 4. The van der Waals surface area contributed by atoms with Crippen LogP contribution in [0.15, 0.2) is 48.8 Å². The van der Waals surface area contributed by atoms with Crippen LogP contribution in [0.3, 0.4) is 0 Å². The van der Waals surface area contributed by atoms with Crippen molar-refractivity contribution in [3.63, 3.8) is 0 Å². The summed E-state index contributed by atoms with van der Waals surface area (Å²) in [4.78, 5) is 15.9. The first-order chi connectivity index (χ1) is 16.4. The van der Waals surface area contributed by atoms with Crippen LogP contribution in [0.2, 0.25) is 0 Å². The molecular formula is C27H31FN2O4. The van der Waals surface area contributed by atoms with Crippen molar-refractivity contribution in [1.82, 2.24) is 9.55 Å². The topological polar surface area (TPSA) is 73.6 Å². The van der Waals surface area contributed by atoms with Crippen molar-refractivity contribution in [2.24, 2.45) is 11.8 Å². The van der Waals surface area contributed by atoms with Crippen molar-refractivity contribution in [2.45, 2.75) is 52.1 Å². The Labute approximate surface area is 199 Å². The number of ether oxygens (including phenoxy) is 2. The number of carbonyl (C=O) groups is 1. The van der Waals surface area contributed by atoms with E-state index in [9.17, 15) is 14.3 Å². The second-order valence-corrected chi connectivity index (χ2v) is 9.33. The first-order valence-corrected chi connectivity index (χ1v) is 11.7. The molecule has 1 saturated carbocycles. The lowest BCUT2D eigenvalue weighted by molar-refractivity contribution is -0.137. The van der Waals surface area contributed by atoms with Crippen LogP contribution in [0, 0.1) is 17.7 Å². The normalized spacial score (nSPS) is 14.3. The molecule has 1 fully saturated rings. The van der Waals surface area contributed by atoms with Crippen molar-refractivity contribution in [3.05, 3.63) is 71.6 Å². The monoisotopic (exact) mass is 466 g/mol. The molecule has 1 aliphatic rings. The highest BCUT2D eigenvalue weighted by atomic mass is 19.1. The van der Waals surface area contributed by atoms with E-state index in [1.54, 1.807) is 30.1 Å². The molecule has 1 unspecified atom stereocenters. The average Bonchev–Trinajstić information content (AvgIpc) is 3.58. The van der Waals surface area contributed by atoms with Gasteiger partial charge in [0.25, 0.3) is 0 Å². The van der Waals surface area contributed by atoms with Crippen LogP contribution in [0.4, 0.5) is 4.39 Å². The standard InChI is InChI=1S/C27H31FN2O4/c1-17(2)11-26-24(29-16-30(26)25-13-20(33-3)9-10-23(25)28)15-34-21-6-4-5-19(12-21)22(14-27(31)32)18-7-8-18/h4-6,9-10,12-13,16-18,22H,7-8,11,14-15H2,1-3H3,(H,31,32). The summed E-state index contributed by atoms with van der Waals surface area (Å²) >= 11 is 0. The van der Waals surface area contributed by atoms with E-state index in [1.807, 2.05) is 24.3 Å². The van der Waals surface area contributed by atoms with Crippen LogP contribution in [0.1, 0.15) is 56.0 Å². The van der Waals surface area contributed by atoms with Gasteiger partial charge in [0.2, 0.25) is 0 Å². The number of imidazole rings is 1. The summed E-state index contributed by atoms with van der Waals surface area (Å²) in [5.74, 6) is 0.879. The quantitative estimate of drug-likeness (QED) is 0.389. The number of benzene rings is 2. The van der Waals surface area contributed by atoms with Gasteiger partial charge < -0.3 is 14.6 Å². The number of carboxylic acid groups (broad SMARTS) is 1. The zero-order valence-electron chi connectivity index (χ0n) is 19.8. The van der Waals surface area contributed by atoms with Crippen LogP contribution in [-0.4, -0.2) is 27.7 Å². The van der Waals surface area contributed by atoms with Crippen molar-refractivity contribution < 1.29 is 23.8 Å². The highest BCUT2D eigenvalue weighted by Gasteiger charge is 2.33. The van der Waals surface area contributed by atoms with E-state index in [2.05, 4.69) is 18.8 Å². The molecule has 1 N–H and O–H groups in total. The van der Waals surface area contributed by atoms with Gasteiger partial charge in [-0.3, -0.25) is 9.36 Å². The fourth-order valence-electron chi connectivity index (χ4n) is 4.38. The van der Waals surface area contributed by atoms with Gasteiger partial charge in [-0.2, -0.15) is 0 Å². The third kappa shape index (κ3) is 5.58. The maximum Gasteiger partial charge on any atom is 0.303 e. The number of hydrogen-bond donors (Lipinski definition) is 1. The SMILES string of the molecule is COc1ccc(F)c(-n2cnc(COc3cccc(C(CC(=O)O)C4CC4)c3)c2CC(C)C)c1. The van der Waals surface area contributed by atoms with Gasteiger partial charge in [0.05, 0.1) is 31.2 Å². The minimum absolute atomic E-state index is 0.00722. The summed E-state index contributed by atoms with van der Waals surface area (Å²) in [7, 11) is 1.55. The first-order valence-electron chi connectivity index (χ1n) is 11.7. The van der Waals surface area contributed by atoms with Crippen LogP contribution < -0.4 is 9.47 Å². The highest BCUT2D eigenvalue weighted by Crippen LogP contribution is 2.45. The van der Waals surface area contributed by atoms with Gasteiger partial charge in [-0.1, -0.05) is 26.0 Å². The Morgan fingerprint density at radius 1 is 1.21 bits per heavy atom. The molecule has 0 radical (unpaired) electrons. The average molecular weight is 467 g/mol. The van der Waals surface area contributed by atoms with E-state index in [-0.39, 0.29) is 24.8 Å². The summed E-state index contributed by atoms with van der Waals surface area (Å²) in [5.41, 5.74) is 3.01.